The number of ether oxygens (including phenoxy) is 2. The van der Waals surface area contributed by atoms with Gasteiger partial charge in [0.15, 0.2) is 0 Å². The highest BCUT2D eigenvalue weighted by Gasteiger charge is 2.16. The first-order valence-corrected chi connectivity index (χ1v) is 11.4. The number of rotatable bonds is 11. The van der Waals surface area contributed by atoms with Gasteiger partial charge in [-0.2, -0.15) is 0 Å². The van der Waals surface area contributed by atoms with Crippen molar-refractivity contribution in [1.29, 1.82) is 0 Å². The molecule has 184 valence electrons. The van der Waals surface area contributed by atoms with E-state index in [-0.39, 0.29) is 31.3 Å². The highest BCUT2D eigenvalue weighted by atomic mass is 16.6. The normalized spacial score (nSPS) is 10.8. The minimum Gasteiger partial charge on any atom is -0.493 e. The maximum Gasteiger partial charge on any atom is 0.407 e. The Labute approximate surface area is 201 Å². The average molecular weight is 470 g/mol. The van der Waals surface area contributed by atoms with Crippen molar-refractivity contribution in [3.05, 3.63) is 59.7 Å². The summed E-state index contributed by atoms with van der Waals surface area (Å²) in [5.41, 5.74) is 1.91. The summed E-state index contributed by atoms with van der Waals surface area (Å²) in [6.45, 7) is 8.18. The van der Waals surface area contributed by atoms with E-state index in [2.05, 4.69) is 16.0 Å². The van der Waals surface area contributed by atoms with Gasteiger partial charge in [-0.1, -0.05) is 36.4 Å². The van der Waals surface area contributed by atoms with Gasteiger partial charge >= 0.3 is 6.09 Å². The van der Waals surface area contributed by atoms with Crippen molar-refractivity contribution in [3.8, 4) is 5.75 Å². The Morgan fingerprint density at radius 3 is 2.32 bits per heavy atom. The molecule has 0 aromatic heterocycles. The van der Waals surface area contributed by atoms with E-state index in [9.17, 15) is 14.4 Å². The molecule has 34 heavy (non-hydrogen) atoms. The lowest BCUT2D eigenvalue weighted by atomic mass is 10.1. The molecule has 8 nitrogen and oxygen atoms in total. The van der Waals surface area contributed by atoms with Crippen LogP contribution < -0.4 is 20.7 Å². The Kier molecular flexibility index (Phi) is 10.4. The van der Waals surface area contributed by atoms with Gasteiger partial charge in [0.05, 0.1) is 6.61 Å². The summed E-state index contributed by atoms with van der Waals surface area (Å²) in [6.07, 6.45) is 0.471. The Hall–Kier alpha value is -3.55. The molecule has 0 saturated heterocycles. The van der Waals surface area contributed by atoms with Gasteiger partial charge in [0, 0.05) is 31.6 Å². The summed E-state index contributed by atoms with van der Waals surface area (Å²) in [5.74, 6) is 0.490. The van der Waals surface area contributed by atoms with Crippen LogP contribution in [0.4, 0.5) is 10.5 Å². The minimum absolute atomic E-state index is 0.117. The molecule has 0 unspecified atom stereocenters. The number of para-hydroxylation sites is 2. The number of hydrogen-bond donors (Lipinski definition) is 3. The Bertz CT molecular complexity index is 969. The van der Waals surface area contributed by atoms with Gasteiger partial charge in [-0.25, -0.2) is 4.79 Å². The minimum atomic E-state index is -0.589. The standard InChI is InChI=1S/C26H35N3O5/c1-19-10-5-8-13-22(19)33-17-9-14-24(31)29-21-12-7-6-11-20(21)18-28-23(30)15-16-27-25(32)34-26(2,3)4/h5-8,10-13H,9,14-18H2,1-4H3,(H,27,32)(H,28,30)(H,29,31). The van der Waals surface area contributed by atoms with E-state index in [0.717, 1.165) is 16.9 Å². The number of anilines is 1. The first-order valence-electron chi connectivity index (χ1n) is 11.4. The molecular weight excluding hydrogens is 434 g/mol. The van der Waals surface area contributed by atoms with Crippen molar-refractivity contribution in [2.24, 2.45) is 0 Å². The van der Waals surface area contributed by atoms with Crippen molar-refractivity contribution in [2.45, 2.75) is 59.1 Å². The van der Waals surface area contributed by atoms with Crippen LogP contribution in [0.15, 0.2) is 48.5 Å². The highest BCUT2D eigenvalue weighted by molar-refractivity contribution is 5.91. The van der Waals surface area contributed by atoms with E-state index in [4.69, 9.17) is 9.47 Å². The maximum absolute atomic E-state index is 12.4. The molecule has 0 aliphatic heterocycles. The van der Waals surface area contributed by atoms with Crippen molar-refractivity contribution < 1.29 is 23.9 Å². The van der Waals surface area contributed by atoms with E-state index < -0.39 is 11.7 Å². The monoisotopic (exact) mass is 469 g/mol. The quantitative estimate of drug-likeness (QED) is 0.425. The van der Waals surface area contributed by atoms with Crippen molar-refractivity contribution in [3.63, 3.8) is 0 Å². The number of hydrogen-bond acceptors (Lipinski definition) is 5. The third kappa shape index (κ3) is 10.4. The molecule has 0 heterocycles. The SMILES string of the molecule is Cc1ccccc1OCCCC(=O)Nc1ccccc1CNC(=O)CCNC(=O)OC(C)(C)C. The van der Waals surface area contributed by atoms with Crippen LogP contribution >= 0.6 is 0 Å². The molecule has 3 N–H and O–H groups in total. The first-order chi connectivity index (χ1) is 16.1. The van der Waals surface area contributed by atoms with Gasteiger partial charge < -0.3 is 25.4 Å². The molecule has 3 amide bonds. The Balaban J connectivity index is 1.72. The van der Waals surface area contributed by atoms with Crippen LogP contribution in [-0.4, -0.2) is 36.7 Å². The van der Waals surface area contributed by atoms with Gasteiger partial charge in [0.25, 0.3) is 0 Å². The smallest absolute Gasteiger partial charge is 0.407 e. The molecule has 0 saturated carbocycles. The fourth-order valence-corrected chi connectivity index (χ4v) is 3.02. The molecule has 2 aromatic carbocycles. The van der Waals surface area contributed by atoms with Gasteiger partial charge in [0.1, 0.15) is 11.4 Å². The fourth-order valence-electron chi connectivity index (χ4n) is 3.02. The molecule has 0 aliphatic rings. The zero-order chi connectivity index (χ0) is 25.0. The summed E-state index contributed by atoms with van der Waals surface area (Å²) in [5, 5.41) is 8.27. The molecule has 2 aromatic rings. The number of aryl methyl sites for hydroxylation is 1. The number of carbonyl (C=O) groups excluding carboxylic acids is 3. The number of carbonyl (C=O) groups is 3. The number of benzene rings is 2. The van der Waals surface area contributed by atoms with E-state index >= 15 is 0 Å². The average Bonchev–Trinajstić information content (AvgIpc) is 2.76. The highest BCUT2D eigenvalue weighted by Crippen LogP contribution is 2.17. The summed E-state index contributed by atoms with van der Waals surface area (Å²) in [6, 6.07) is 15.1. The van der Waals surface area contributed by atoms with E-state index in [1.54, 1.807) is 26.8 Å². The zero-order valence-corrected chi connectivity index (χ0v) is 20.4. The Morgan fingerprint density at radius 2 is 1.59 bits per heavy atom. The van der Waals surface area contributed by atoms with Crippen molar-refractivity contribution >= 4 is 23.6 Å². The van der Waals surface area contributed by atoms with Crippen molar-refractivity contribution in [1.82, 2.24) is 10.6 Å². The van der Waals surface area contributed by atoms with E-state index in [1.807, 2.05) is 49.4 Å². The third-order valence-corrected chi connectivity index (χ3v) is 4.69. The second-order valence-electron chi connectivity index (χ2n) is 8.88. The van der Waals surface area contributed by atoms with Crippen molar-refractivity contribution in [2.75, 3.05) is 18.5 Å². The molecule has 8 heteroatoms. The topological polar surface area (TPSA) is 106 Å². The molecular formula is C26H35N3O5. The van der Waals surface area contributed by atoms with Crippen LogP contribution in [0.1, 0.15) is 51.2 Å². The maximum atomic E-state index is 12.4. The summed E-state index contributed by atoms with van der Waals surface area (Å²) < 4.78 is 10.9. The first kappa shape index (κ1) is 26.7. The van der Waals surface area contributed by atoms with Gasteiger partial charge in [-0.3, -0.25) is 9.59 Å². The van der Waals surface area contributed by atoms with Crippen LogP contribution in [0.3, 0.4) is 0 Å². The predicted octanol–water partition coefficient (Wildman–Crippen LogP) is 4.32. The molecule has 0 atom stereocenters. The number of alkyl carbamates (subject to hydrolysis) is 1. The van der Waals surface area contributed by atoms with Crippen LogP contribution in [0, 0.1) is 6.92 Å². The number of nitrogens with one attached hydrogen (secondary N) is 3. The summed E-state index contributed by atoms with van der Waals surface area (Å²) in [7, 11) is 0. The molecule has 2 rings (SSSR count). The zero-order valence-electron chi connectivity index (χ0n) is 20.4. The molecule has 0 spiro atoms. The molecule has 0 fully saturated rings. The number of amides is 3. The Morgan fingerprint density at radius 1 is 0.882 bits per heavy atom. The van der Waals surface area contributed by atoms with Gasteiger partial charge in [-0.15, -0.1) is 0 Å². The molecule has 0 radical (unpaired) electrons. The van der Waals surface area contributed by atoms with Gasteiger partial charge in [-0.05, 0) is 57.4 Å². The lowest BCUT2D eigenvalue weighted by Gasteiger charge is -2.19. The predicted molar refractivity (Wildman–Crippen MR) is 132 cm³/mol. The van der Waals surface area contributed by atoms with E-state index in [0.29, 0.717) is 25.1 Å². The van der Waals surface area contributed by atoms with Crippen LogP contribution in [-0.2, 0) is 20.9 Å². The largest absolute Gasteiger partial charge is 0.493 e. The van der Waals surface area contributed by atoms with E-state index in [1.165, 1.54) is 0 Å². The second kappa shape index (κ2) is 13.2. The molecule has 0 aliphatic carbocycles. The summed E-state index contributed by atoms with van der Waals surface area (Å²) >= 11 is 0. The lowest BCUT2D eigenvalue weighted by Crippen LogP contribution is -2.35. The molecule has 0 bridgehead atoms. The second-order valence-corrected chi connectivity index (χ2v) is 8.88. The summed E-state index contributed by atoms with van der Waals surface area (Å²) in [4.78, 5) is 36.1. The fraction of sp³-hybridized carbons (Fsp3) is 0.423. The van der Waals surface area contributed by atoms with Crippen LogP contribution in [0.2, 0.25) is 0 Å². The van der Waals surface area contributed by atoms with Crippen LogP contribution in [0.5, 0.6) is 5.75 Å². The lowest BCUT2D eigenvalue weighted by molar-refractivity contribution is -0.121. The van der Waals surface area contributed by atoms with Gasteiger partial charge in [0.2, 0.25) is 11.8 Å². The third-order valence-electron chi connectivity index (χ3n) is 4.69. The van der Waals surface area contributed by atoms with Crippen LogP contribution in [0.25, 0.3) is 0 Å².